The van der Waals surface area contributed by atoms with Crippen LogP contribution >= 0.6 is 12.6 Å². The van der Waals surface area contributed by atoms with E-state index in [9.17, 15) is 0 Å². The lowest BCUT2D eigenvalue weighted by Crippen LogP contribution is -1.93. The summed E-state index contributed by atoms with van der Waals surface area (Å²) in [4.78, 5) is 0. The molecule has 0 spiro atoms. The van der Waals surface area contributed by atoms with Crippen LogP contribution in [-0.2, 0) is 0 Å². The molecule has 0 aliphatic carbocycles. The van der Waals surface area contributed by atoms with E-state index in [-0.39, 0.29) is 5.25 Å². The molecule has 1 heteroatoms. The molecule has 0 saturated heterocycles. The lowest BCUT2D eigenvalue weighted by Gasteiger charge is -2.08. The molecule has 0 fully saturated rings. The van der Waals surface area contributed by atoms with E-state index >= 15 is 0 Å². The Morgan fingerprint density at radius 3 is 2.73 bits per heavy atom. The van der Waals surface area contributed by atoms with E-state index in [1.165, 1.54) is 31.3 Å². The van der Waals surface area contributed by atoms with Crippen molar-refractivity contribution in [3.8, 4) is 12.3 Å². The predicted molar refractivity (Wildman–Crippen MR) is 73.3 cm³/mol. The van der Waals surface area contributed by atoms with Gasteiger partial charge in [-0.25, -0.2) is 0 Å². The van der Waals surface area contributed by atoms with E-state index in [1.54, 1.807) is 0 Å². The molecule has 0 amide bonds. The third-order valence-electron chi connectivity index (χ3n) is 2.85. The zero-order chi connectivity index (χ0) is 11.7. The van der Waals surface area contributed by atoms with Crippen LogP contribution in [0.4, 0.5) is 0 Å². The minimum Gasteiger partial charge on any atom is -0.162 e. The van der Waals surface area contributed by atoms with Crippen LogP contribution in [0.15, 0.2) is 11.6 Å². The number of rotatable bonds is 7. The van der Waals surface area contributed by atoms with E-state index in [0.717, 1.165) is 12.3 Å². The molecule has 0 aromatic rings. The Kier molecular flexibility index (Phi) is 8.71. The van der Waals surface area contributed by atoms with Crippen molar-refractivity contribution < 1.29 is 0 Å². The van der Waals surface area contributed by atoms with E-state index in [1.807, 2.05) is 0 Å². The second-order valence-corrected chi connectivity index (χ2v) is 5.00. The third kappa shape index (κ3) is 8.63. The van der Waals surface area contributed by atoms with Gasteiger partial charge in [0.15, 0.2) is 0 Å². The zero-order valence-corrected chi connectivity index (χ0v) is 11.2. The summed E-state index contributed by atoms with van der Waals surface area (Å²) in [7, 11) is 0. The maximum atomic E-state index is 5.26. The van der Waals surface area contributed by atoms with Crippen LogP contribution in [0.1, 0.15) is 52.9 Å². The van der Waals surface area contributed by atoms with Crippen molar-refractivity contribution in [3.05, 3.63) is 11.6 Å². The van der Waals surface area contributed by atoms with Gasteiger partial charge in [0.2, 0.25) is 0 Å². The van der Waals surface area contributed by atoms with Gasteiger partial charge in [-0.2, -0.15) is 12.6 Å². The van der Waals surface area contributed by atoms with Gasteiger partial charge in [0.25, 0.3) is 0 Å². The van der Waals surface area contributed by atoms with Crippen LogP contribution < -0.4 is 0 Å². The first-order chi connectivity index (χ1) is 7.10. The normalized spacial score (nSPS) is 15.8. The van der Waals surface area contributed by atoms with E-state index < -0.39 is 0 Å². The summed E-state index contributed by atoms with van der Waals surface area (Å²) in [5.41, 5.74) is 1.45. The van der Waals surface area contributed by atoms with Crippen LogP contribution in [0.25, 0.3) is 0 Å². The van der Waals surface area contributed by atoms with Gasteiger partial charge in [0, 0.05) is 0 Å². The summed E-state index contributed by atoms with van der Waals surface area (Å²) in [6.07, 6.45) is 13.5. The number of hydrogen-bond donors (Lipinski definition) is 1. The smallest absolute Gasteiger partial charge is 0.0658 e. The molecule has 0 saturated carbocycles. The van der Waals surface area contributed by atoms with Crippen LogP contribution in [0, 0.1) is 18.3 Å². The maximum absolute atomic E-state index is 5.26. The van der Waals surface area contributed by atoms with Crippen molar-refractivity contribution in [1.29, 1.82) is 0 Å². The Morgan fingerprint density at radius 2 is 2.20 bits per heavy atom. The van der Waals surface area contributed by atoms with Crippen LogP contribution in [0.5, 0.6) is 0 Å². The van der Waals surface area contributed by atoms with Crippen molar-refractivity contribution >= 4 is 12.6 Å². The highest BCUT2D eigenvalue weighted by molar-refractivity contribution is 7.81. The molecule has 0 aliphatic heterocycles. The molecule has 0 aromatic carbocycles. The van der Waals surface area contributed by atoms with Crippen LogP contribution in [0.3, 0.4) is 0 Å². The summed E-state index contributed by atoms with van der Waals surface area (Å²) in [5.74, 6) is 3.49. The quantitative estimate of drug-likeness (QED) is 0.368. The molecule has 0 nitrogen and oxygen atoms in total. The van der Waals surface area contributed by atoms with Crippen molar-refractivity contribution in [2.45, 2.75) is 58.1 Å². The average molecular weight is 224 g/mol. The van der Waals surface area contributed by atoms with Gasteiger partial charge in [-0.3, -0.25) is 0 Å². The Labute approximate surface area is 101 Å². The molecular weight excluding hydrogens is 200 g/mol. The van der Waals surface area contributed by atoms with E-state index in [0.29, 0.717) is 0 Å². The largest absolute Gasteiger partial charge is 0.162 e. The maximum Gasteiger partial charge on any atom is 0.0658 e. The topological polar surface area (TPSA) is 0 Å². The fraction of sp³-hybridized carbons (Fsp3) is 0.714. The number of allylic oxidation sites excluding steroid dienone is 2. The van der Waals surface area contributed by atoms with Gasteiger partial charge in [-0.15, -0.1) is 6.42 Å². The number of thiol groups is 1. The minimum absolute atomic E-state index is 0.0783. The monoisotopic (exact) mass is 224 g/mol. The van der Waals surface area contributed by atoms with Crippen LogP contribution in [0.2, 0.25) is 0 Å². The Bertz CT molecular complexity index is 222. The summed E-state index contributed by atoms with van der Waals surface area (Å²) in [6.45, 7) is 6.76. The van der Waals surface area contributed by atoms with Crippen LogP contribution in [-0.4, -0.2) is 5.25 Å². The van der Waals surface area contributed by atoms with Gasteiger partial charge in [-0.05, 0) is 32.1 Å². The lowest BCUT2D eigenvalue weighted by atomic mass is 9.99. The van der Waals surface area contributed by atoms with Gasteiger partial charge in [0.1, 0.15) is 0 Å². The Hall–Kier alpha value is -0.350. The predicted octanol–water partition coefficient (Wildman–Crippen LogP) is 4.47. The second kappa shape index (κ2) is 8.92. The standard InChI is InChI=1S/C14H24S/c1-5-12(3)8-7-9-13(4)10-11-14(15)6-2/h2,10,12,14-15H,5,7-9,11H2,1,3-4H3/b13-10+. The molecule has 15 heavy (non-hydrogen) atoms. The number of terminal acetylenes is 1. The summed E-state index contributed by atoms with van der Waals surface area (Å²) >= 11 is 4.26. The fourth-order valence-electron chi connectivity index (χ4n) is 1.42. The fourth-order valence-corrected chi connectivity index (χ4v) is 1.52. The molecular formula is C14H24S. The highest BCUT2D eigenvalue weighted by Crippen LogP contribution is 2.15. The Morgan fingerprint density at radius 1 is 1.53 bits per heavy atom. The Balaban J connectivity index is 3.65. The molecule has 2 atom stereocenters. The van der Waals surface area contributed by atoms with Gasteiger partial charge >= 0.3 is 0 Å². The molecule has 0 aromatic heterocycles. The highest BCUT2D eigenvalue weighted by Gasteiger charge is 1.99. The first-order valence-corrected chi connectivity index (χ1v) is 6.41. The van der Waals surface area contributed by atoms with E-state index in [4.69, 9.17) is 6.42 Å². The first kappa shape index (κ1) is 14.6. The van der Waals surface area contributed by atoms with Crippen molar-refractivity contribution in [3.63, 3.8) is 0 Å². The molecule has 0 rings (SSSR count). The van der Waals surface area contributed by atoms with Gasteiger partial charge < -0.3 is 0 Å². The van der Waals surface area contributed by atoms with Crippen molar-refractivity contribution in [2.75, 3.05) is 0 Å². The van der Waals surface area contributed by atoms with Crippen molar-refractivity contribution in [1.82, 2.24) is 0 Å². The summed E-state index contributed by atoms with van der Waals surface area (Å²) in [5, 5.41) is 0.0783. The summed E-state index contributed by atoms with van der Waals surface area (Å²) in [6, 6.07) is 0. The zero-order valence-electron chi connectivity index (χ0n) is 10.3. The van der Waals surface area contributed by atoms with Gasteiger partial charge in [0.05, 0.1) is 5.25 Å². The highest BCUT2D eigenvalue weighted by atomic mass is 32.1. The molecule has 0 bridgehead atoms. The molecule has 0 heterocycles. The average Bonchev–Trinajstić information content (AvgIpc) is 2.25. The second-order valence-electron chi connectivity index (χ2n) is 4.37. The molecule has 86 valence electrons. The minimum atomic E-state index is 0.0783. The third-order valence-corrected chi connectivity index (χ3v) is 3.21. The van der Waals surface area contributed by atoms with Crippen molar-refractivity contribution in [2.24, 2.45) is 5.92 Å². The molecule has 0 aliphatic rings. The molecule has 0 radical (unpaired) electrons. The lowest BCUT2D eigenvalue weighted by molar-refractivity contribution is 0.495. The van der Waals surface area contributed by atoms with E-state index in [2.05, 4.69) is 45.4 Å². The van der Waals surface area contributed by atoms with Gasteiger partial charge in [-0.1, -0.05) is 44.3 Å². The SMILES string of the molecule is C#CC(S)C/C=C(\C)CCCC(C)CC. The number of hydrogen-bond acceptors (Lipinski definition) is 1. The molecule has 0 N–H and O–H groups in total. The summed E-state index contributed by atoms with van der Waals surface area (Å²) < 4.78 is 0. The molecule has 2 unspecified atom stereocenters. The first-order valence-electron chi connectivity index (χ1n) is 5.90.